The molecule has 4 nitrogen and oxygen atoms in total. The van der Waals surface area contributed by atoms with Gasteiger partial charge < -0.3 is 14.8 Å². The third-order valence-corrected chi connectivity index (χ3v) is 3.54. The Balaban J connectivity index is 1.73. The van der Waals surface area contributed by atoms with Gasteiger partial charge in [-0.05, 0) is 37.5 Å². The predicted molar refractivity (Wildman–Crippen MR) is 90.9 cm³/mol. The molecule has 0 aliphatic carbocycles. The van der Waals surface area contributed by atoms with Crippen LogP contribution < -0.4 is 14.8 Å². The monoisotopic (exact) mass is 313 g/mol. The SMILES string of the molecule is COc1ccccc1OCC(=O)N[C@H](C)CCc1ccccc1. The number of para-hydroxylation sites is 2. The number of methoxy groups -OCH3 is 1. The molecule has 1 amide bonds. The summed E-state index contributed by atoms with van der Waals surface area (Å²) in [7, 11) is 1.58. The van der Waals surface area contributed by atoms with Crippen molar-refractivity contribution < 1.29 is 14.3 Å². The van der Waals surface area contributed by atoms with Crippen molar-refractivity contribution in [3.8, 4) is 11.5 Å². The van der Waals surface area contributed by atoms with Crippen LogP contribution in [-0.4, -0.2) is 25.7 Å². The second kappa shape index (κ2) is 8.83. The topological polar surface area (TPSA) is 47.6 Å². The Morgan fingerprint density at radius 1 is 1.04 bits per heavy atom. The highest BCUT2D eigenvalue weighted by atomic mass is 16.5. The molecule has 0 spiro atoms. The Labute approximate surface area is 137 Å². The van der Waals surface area contributed by atoms with Gasteiger partial charge in [-0.1, -0.05) is 42.5 Å². The molecule has 2 aromatic rings. The van der Waals surface area contributed by atoms with Crippen molar-refractivity contribution in [3.05, 3.63) is 60.2 Å². The zero-order valence-corrected chi connectivity index (χ0v) is 13.6. The van der Waals surface area contributed by atoms with E-state index in [1.807, 2.05) is 37.3 Å². The second-order valence-electron chi connectivity index (χ2n) is 5.43. The molecule has 0 aliphatic rings. The molecule has 1 atom stereocenters. The summed E-state index contributed by atoms with van der Waals surface area (Å²) < 4.78 is 10.7. The van der Waals surface area contributed by atoms with E-state index in [4.69, 9.17) is 9.47 Å². The van der Waals surface area contributed by atoms with Gasteiger partial charge in [0.25, 0.3) is 5.91 Å². The summed E-state index contributed by atoms with van der Waals surface area (Å²) >= 11 is 0. The van der Waals surface area contributed by atoms with Crippen LogP contribution in [0, 0.1) is 0 Å². The van der Waals surface area contributed by atoms with Crippen LogP contribution >= 0.6 is 0 Å². The third-order valence-electron chi connectivity index (χ3n) is 3.54. The molecule has 23 heavy (non-hydrogen) atoms. The molecule has 0 aromatic heterocycles. The number of carbonyl (C=O) groups excluding carboxylic acids is 1. The number of nitrogens with one attached hydrogen (secondary N) is 1. The van der Waals surface area contributed by atoms with E-state index < -0.39 is 0 Å². The average Bonchev–Trinajstić information content (AvgIpc) is 2.59. The van der Waals surface area contributed by atoms with Crippen LogP contribution in [-0.2, 0) is 11.2 Å². The lowest BCUT2D eigenvalue weighted by atomic mass is 10.1. The highest BCUT2D eigenvalue weighted by molar-refractivity contribution is 5.77. The molecular weight excluding hydrogens is 290 g/mol. The molecule has 0 saturated carbocycles. The Hall–Kier alpha value is -2.49. The van der Waals surface area contributed by atoms with E-state index in [0.29, 0.717) is 11.5 Å². The summed E-state index contributed by atoms with van der Waals surface area (Å²) in [6.45, 7) is 1.99. The van der Waals surface area contributed by atoms with Crippen LogP contribution in [0.5, 0.6) is 11.5 Å². The molecule has 1 N–H and O–H groups in total. The van der Waals surface area contributed by atoms with Crippen molar-refractivity contribution in [3.63, 3.8) is 0 Å². The van der Waals surface area contributed by atoms with E-state index >= 15 is 0 Å². The first-order valence-electron chi connectivity index (χ1n) is 7.78. The normalized spacial score (nSPS) is 11.6. The maximum atomic E-state index is 12.0. The van der Waals surface area contributed by atoms with Gasteiger partial charge >= 0.3 is 0 Å². The molecule has 0 saturated heterocycles. The molecule has 0 heterocycles. The lowest BCUT2D eigenvalue weighted by molar-refractivity contribution is -0.123. The molecular formula is C19H23NO3. The van der Waals surface area contributed by atoms with Crippen LogP contribution in [0.25, 0.3) is 0 Å². The molecule has 2 rings (SSSR count). The zero-order valence-electron chi connectivity index (χ0n) is 13.6. The summed E-state index contributed by atoms with van der Waals surface area (Å²) in [5.74, 6) is 1.07. The number of hydrogen-bond acceptors (Lipinski definition) is 3. The first-order chi connectivity index (χ1) is 11.2. The molecule has 0 unspecified atom stereocenters. The van der Waals surface area contributed by atoms with Gasteiger partial charge in [0.05, 0.1) is 7.11 Å². The lowest BCUT2D eigenvalue weighted by Crippen LogP contribution is -2.36. The number of ether oxygens (including phenoxy) is 2. The molecule has 0 aliphatic heterocycles. The molecule has 2 aromatic carbocycles. The summed E-state index contributed by atoms with van der Waals surface area (Å²) in [6, 6.07) is 17.6. The fourth-order valence-electron chi connectivity index (χ4n) is 2.30. The Kier molecular flexibility index (Phi) is 6.48. The highest BCUT2D eigenvalue weighted by Crippen LogP contribution is 2.25. The van der Waals surface area contributed by atoms with E-state index in [9.17, 15) is 4.79 Å². The van der Waals surface area contributed by atoms with Crippen molar-refractivity contribution >= 4 is 5.91 Å². The van der Waals surface area contributed by atoms with Crippen LogP contribution in [0.2, 0.25) is 0 Å². The molecule has 122 valence electrons. The van der Waals surface area contributed by atoms with Gasteiger partial charge in [-0.3, -0.25) is 4.79 Å². The minimum atomic E-state index is -0.128. The third kappa shape index (κ3) is 5.66. The van der Waals surface area contributed by atoms with Crippen molar-refractivity contribution in [1.82, 2.24) is 5.32 Å². The number of carbonyl (C=O) groups is 1. The number of aryl methyl sites for hydroxylation is 1. The molecule has 4 heteroatoms. The average molecular weight is 313 g/mol. The lowest BCUT2D eigenvalue weighted by Gasteiger charge is -2.15. The molecule has 0 fully saturated rings. The zero-order chi connectivity index (χ0) is 16.5. The molecule has 0 radical (unpaired) electrons. The summed E-state index contributed by atoms with van der Waals surface area (Å²) in [4.78, 5) is 12.0. The molecule has 0 bridgehead atoms. The van der Waals surface area contributed by atoms with Crippen LogP contribution in [0.3, 0.4) is 0 Å². The van der Waals surface area contributed by atoms with Gasteiger partial charge in [-0.25, -0.2) is 0 Å². The number of benzene rings is 2. The fraction of sp³-hybridized carbons (Fsp3) is 0.316. The fourth-order valence-corrected chi connectivity index (χ4v) is 2.30. The van der Waals surface area contributed by atoms with E-state index in [1.54, 1.807) is 19.2 Å². The maximum Gasteiger partial charge on any atom is 0.258 e. The minimum absolute atomic E-state index is 0.0178. The second-order valence-corrected chi connectivity index (χ2v) is 5.43. The van der Waals surface area contributed by atoms with Gasteiger partial charge in [-0.15, -0.1) is 0 Å². The highest BCUT2D eigenvalue weighted by Gasteiger charge is 2.10. The van der Waals surface area contributed by atoms with Gasteiger partial charge in [-0.2, -0.15) is 0 Å². The summed E-state index contributed by atoms with van der Waals surface area (Å²) in [6.07, 6.45) is 1.83. The summed E-state index contributed by atoms with van der Waals surface area (Å²) in [5, 5.41) is 2.95. The number of amides is 1. The Morgan fingerprint density at radius 2 is 1.70 bits per heavy atom. The van der Waals surface area contributed by atoms with Crippen molar-refractivity contribution in [2.24, 2.45) is 0 Å². The number of hydrogen-bond donors (Lipinski definition) is 1. The van der Waals surface area contributed by atoms with Gasteiger partial charge in [0, 0.05) is 6.04 Å². The summed E-state index contributed by atoms with van der Waals surface area (Å²) in [5.41, 5.74) is 1.28. The van der Waals surface area contributed by atoms with E-state index in [1.165, 1.54) is 5.56 Å². The minimum Gasteiger partial charge on any atom is -0.493 e. The first kappa shape index (κ1) is 16.9. The standard InChI is InChI=1S/C19H23NO3/c1-15(12-13-16-8-4-3-5-9-16)20-19(21)14-23-18-11-7-6-10-17(18)22-2/h3-11,15H,12-14H2,1-2H3,(H,20,21)/t15-/m1/s1. The van der Waals surface area contributed by atoms with Crippen LogP contribution in [0.4, 0.5) is 0 Å². The number of rotatable bonds is 8. The van der Waals surface area contributed by atoms with Crippen LogP contribution in [0.15, 0.2) is 54.6 Å². The predicted octanol–water partition coefficient (Wildman–Crippen LogP) is 3.21. The van der Waals surface area contributed by atoms with Crippen molar-refractivity contribution in [2.45, 2.75) is 25.8 Å². The van der Waals surface area contributed by atoms with Gasteiger partial charge in [0.2, 0.25) is 0 Å². The van der Waals surface area contributed by atoms with Crippen LogP contribution in [0.1, 0.15) is 18.9 Å². The maximum absolute atomic E-state index is 12.0. The Morgan fingerprint density at radius 3 is 2.39 bits per heavy atom. The van der Waals surface area contributed by atoms with E-state index in [0.717, 1.165) is 12.8 Å². The van der Waals surface area contributed by atoms with Crippen molar-refractivity contribution in [1.29, 1.82) is 0 Å². The Bertz CT molecular complexity index is 613. The first-order valence-corrected chi connectivity index (χ1v) is 7.78. The van der Waals surface area contributed by atoms with Gasteiger partial charge in [0.15, 0.2) is 18.1 Å². The van der Waals surface area contributed by atoms with Crippen molar-refractivity contribution in [2.75, 3.05) is 13.7 Å². The van der Waals surface area contributed by atoms with E-state index in [-0.39, 0.29) is 18.6 Å². The quantitative estimate of drug-likeness (QED) is 0.814. The largest absolute Gasteiger partial charge is 0.493 e. The van der Waals surface area contributed by atoms with E-state index in [2.05, 4.69) is 17.4 Å². The van der Waals surface area contributed by atoms with Gasteiger partial charge in [0.1, 0.15) is 0 Å². The smallest absolute Gasteiger partial charge is 0.258 e.